The third-order valence-electron chi connectivity index (χ3n) is 6.25. The monoisotopic (exact) mass is 493 g/mol. The van der Waals surface area contributed by atoms with Crippen LogP contribution in [0.1, 0.15) is 15.9 Å². The summed E-state index contributed by atoms with van der Waals surface area (Å²) in [6.07, 6.45) is 1.66. The minimum Gasteiger partial charge on any atom is -0.379 e. The summed E-state index contributed by atoms with van der Waals surface area (Å²) in [5.41, 5.74) is 8.26. The summed E-state index contributed by atoms with van der Waals surface area (Å²) in [4.78, 5) is 33.6. The molecule has 0 atom stereocenters. The Hall–Kier alpha value is -3.53. The van der Waals surface area contributed by atoms with Gasteiger partial charge in [-0.05, 0) is 29.8 Å². The number of carbonyl (C=O) groups is 1. The molecule has 180 valence electrons. The number of hydrogen-bond acceptors (Lipinski definition) is 6. The molecule has 1 saturated heterocycles. The Morgan fingerprint density at radius 3 is 2.74 bits per heavy atom. The van der Waals surface area contributed by atoms with Gasteiger partial charge >= 0.3 is 0 Å². The van der Waals surface area contributed by atoms with Crippen LogP contribution in [0.2, 0.25) is 5.02 Å². The third kappa shape index (κ3) is 4.70. The van der Waals surface area contributed by atoms with E-state index in [2.05, 4.69) is 10.2 Å². The average Bonchev–Trinajstić information content (AvgIpc) is 2.88. The maximum atomic E-state index is 13.3. The molecule has 0 saturated carbocycles. The number of nitrogens with two attached hydrogens (primary N) is 1. The quantitative estimate of drug-likeness (QED) is 0.312. The van der Waals surface area contributed by atoms with Crippen LogP contribution in [-0.2, 0) is 17.8 Å². The lowest BCUT2D eigenvalue weighted by molar-refractivity contribution is -0.658. The molecule has 1 amide bonds. The van der Waals surface area contributed by atoms with E-state index < -0.39 is 0 Å². The highest BCUT2D eigenvalue weighted by molar-refractivity contribution is 6.31. The van der Waals surface area contributed by atoms with E-state index in [0.717, 1.165) is 18.7 Å². The molecule has 1 aromatic carbocycles. The van der Waals surface area contributed by atoms with Crippen LogP contribution in [0.5, 0.6) is 0 Å². The van der Waals surface area contributed by atoms with Gasteiger partial charge in [-0.2, -0.15) is 0 Å². The predicted octanol–water partition coefficient (Wildman–Crippen LogP) is 1.63. The van der Waals surface area contributed by atoms with Crippen molar-refractivity contribution < 1.29 is 14.1 Å². The van der Waals surface area contributed by atoms with Crippen molar-refractivity contribution in [3.63, 3.8) is 0 Å². The number of pyridine rings is 2. The Kier molecular flexibility index (Phi) is 6.63. The van der Waals surface area contributed by atoms with Gasteiger partial charge < -0.3 is 15.8 Å². The van der Waals surface area contributed by atoms with Crippen LogP contribution < -0.4 is 21.2 Å². The van der Waals surface area contributed by atoms with E-state index in [1.807, 2.05) is 24.3 Å². The number of nitrogen functional groups attached to an aromatic ring is 1. The van der Waals surface area contributed by atoms with E-state index in [-0.39, 0.29) is 29.4 Å². The number of rotatable bonds is 6. The summed E-state index contributed by atoms with van der Waals surface area (Å²) in [6, 6.07) is 14.2. The summed E-state index contributed by atoms with van der Waals surface area (Å²) >= 11 is 6.23. The maximum absolute atomic E-state index is 13.3. The summed E-state index contributed by atoms with van der Waals surface area (Å²) in [5.74, 6) is -0.128. The van der Waals surface area contributed by atoms with Gasteiger partial charge in [-0.1, -0.05) is 40.9 Å². The Labute approximate surface area is 206 Å². The molecular formula is C25H26ClN6O3+. The topological polar surface area (TPSA) is 106 Å². The second-order valence-electron chi connectivity index (χ2n) is 8.41. The molecule has 3 aromatic heterocycles. The van der Waals surface area contributed by atoms with Crippen molar-refractivity contribution >= 4 is 40.0 Å². The molecule has 4 heterocycles. The van der Waals surface area contributed by atoms with Gasteiger partial charge in [-0.3, -0.25) is 18.9 Å². The number of hydrogen-bond donors (Lipinski definition) is 2. The summed E-state index contributed by atoms with van der Waals surface area (Å²) in [5, 5.41) is 3.77. The summed E-state index contributed by atoms with van der Waals surface area (Å²) < 4.78 is 8.68. The van der Waals surface area contributed by atoms with E-state index >= 15 is 0 Å². The SMILES string of the molecule is Nc1c(C(=O)NCc2ccccc2Cl)cc2c(=O)n3ccccc3nc2[n+]1CCN1CCOCC1. The Bertz CT molecular complexity index is 1470. The number of anilines is 1. The molecule has 1 aliphatic heterocycles. The van der Waals surface area contributed by atoms with Crippen molar-refractivity contribution in [3.05, 3.63) is 81.2 Å². The second kappa shape index (κ2) is 9.99. The van der Waals surface area contributed by atoms with E-state index in [1.54, 1.807) is 29.0 Å². The lowest BCUT2D eigenvalue weighted by atomic mass is 10.1. The van der Waals surface area contributed by atoms with Gasteiger partial charge in [-0.25, -0.2) is 4.57 Å². The standard InChI is InChI=1S/C25H25ClN6O3/c26-20-6-2-1-5-17(20)16-28-24(33)18-15-19-23(29-21-7-3-4-8-31(21)25(19)34)32(22(18)27)10-9-30-11-13-35-14-12-30/h1-8,15,27H,9-14,16H2,(H,28,33)/p+1. The number of amides is 1. The van der Waals surface area contributed by atoms with Crippen molar-refractivity contribution in [3.8, 4) is 0 Å². The van der Waals surface area contributed by atoms with Crippen LogP contribution >= 0.6 is 11.6 Å². The number of nitrogens with one attached hydrogen (secondary N) is 1. The molecule has 0 radical (unpaired) electrons. The molecule has 1 fully saturated rings. The lowest BCUT2D eigenvalue weighted by Crippen LogP contribution is -2.48. The van der Waals surface area contributed by atoms with Crippen molar-refractivity contribution in [2.24, 2.45) is 0 Å². The van der Waals surface area contributed by atoms with Crippen molar-refractivity contribution in [1.82, 2.24) is 19.6 Å². The molecule has 1 aliphatic rings. The molecule has 3 N–H and O–H groups in total. The van der Waals surface area contributed by atoms with E-state index in [1.165, 1.54) is 10.5 Å². The average molecular weight is 494 g/mol. The molecule has 0 spiro atoms. The maximum Gasteiger partial charge on any atom is 0.278 e. The first-order valence-corrected chi connectivity index (χ1v) is 11.9. The van der Waals surface area contributed by atoms with E-state index in [0.29, 0.717) is 48.0 Å². The zero-order chi connectivity index (χ0) is 24.4. The Morgan fingerprint density at radius 2 is 1.94 bits per heavy atom. The normalized spacial score (nSPS) is 14.4. The Morgan fingerprint density at radius 1 is 1.17 bits per heavy atom. The molecule has 35 heavy (non-hydrogen) atoms. The third-order valence-corrected chi connectivity index (χ3v) is 6.61. The zero-order valence-electron chi connectivity index (χ0n) is 19.1. The van der Waals surface area contributed by atoms with Gasteiger partial charge in [0.25, 0.3) is 17.1 Å². The van der Waals surface area contributed by atoms with Gasteiger partial charge in [0.05, 0.1) is 19.8 Å². The van der Waals surface area contributed by atoms with Crippen molar-refractivity contribution in [2.45, 2.75) is 13.1 Å². The smallest absolute Gasteiger partial charge is 0.278 e. The predicted molar refractivity (Wildman–Crippen MR) is 133 cm³/mol. The highest BCUT2D eigenvalue weighted by atomic mass is 35.5. The van der Waals surface area contributed by atoms with Crippen molar-refractivity contribution in [2.75, 3.05) is 38.6 Å². The van der Waals surface area contributed by atoms with Crippen LogP contribution in [0.15, 0.2) is 59.5 Å². The van der Waals surface area contributed by atoms with Crippen LogP contribution in [-0.4, -0.2) is 53.0 Å². The number of nitrogens with zero attached hydrogens (tertiary/aromatic N) is 4. The van der Waals surface area contributed by atoms with Gasteiger partial charge in [0, 0.05) is 37.4 Å². The molecule has 0 bridgehead atoms. The first-order chi connectivity index (χ1) is 17.0. The highest BCUT2D eigenvalue weighted by Crippen LogP contribution is 2.17. The molecule has 10 heteroatoms. The molecule has 9 nitrogen and oxygen atoms in total. The zero-order valence-corrected chi connectivity index (χ0v) is 19.9. The minimum absolute atomic E-state index is 0.223. The van der Waals surface area contributed by atoms with Gasteiger partial charge in [0.15, 0.2) is 0 Å². The number of fused-ring (bicyclic) bond motifs is 2. The minimum atomic E-state index is -0.387. The highest BCUT2D eigenvalue weighted by Gasteiger charge is 2.25. The molecular weight excluding hydrogens is 468 g/mol. The lowest BCUT2D eigenvalue weighted by Gasteiger charge is -2.26. The number of benzene rings is 1. The van der Waals surface area contributed by atoms with Gasteiger partial charge in [0.2, 0.25) is 11.5 Å². The number of ether oxygens (including phenoxy) is 1. The van der Waals surface area contributed by atoms with Gasteiger partial charge in [-0.15, -0.1) is 0 Å². The first-order valence-electron chi connectivity index (χ1n) is 11.5. The molecule has 0 unspecified atom stereocenters. The second-order valence-corrected chi connectivity index (χ2v) is 8.81. The van der Waals surface area contributed by atoms with Crippen LogP contribution in [0.4, 0.5) is 5.82 Å². The van der Waals surface area contributed by atoms with E-state index in [4.69, 9.17) is 27.1 Å². The summed E-state index contributed by atoms with van der Waals surface area (Å²) in [6.45, 7) is 4.38. The fourth-order valence-corrected chi connectivity index (χ4v) is 4.49. The largest absolute Gasteiger partial charge is 0.379 e. The fraction of sp³-hybridized carbons (Fsp3) is 0.280. The van der Waals surface area contributed by atoms with Crippen LogP contribution in [0.25, 0.3) is 16.7 Å². The first kappa shape index (κ1) is 23.2. The number of halogens is 1. The van der Waals surface area contributed by atoms with Crippen LogP contribution in [0, 0.1) is 0 Å². The van der Waals surface area contributed by atoms with E-state index in [9.17, 15) is 9.59 Å². The van der Waals surface area contributed by atoms with Crippen LogP contribution in [0.3, 0.4) is 0 Å². The summed E-state index contributed by atoms with van der Waals surface area (Å²) in [7, 11) is 0. The van der Waals surface area contributed by atoms with Gasteiger partial charge in [0.1, 0.15) is 10.9 Å². The van der Waals surface area contributed by atoms with Crippen molar-refractivity contribution in [1.29, 1.82) is 0 Å². The number of carbonyl (C=O) groups excluding carboxylic acids is 1. The molecule has 0 aliphatic carbocycles. The number of morpholine rings is 1. The fourth-order valence-electron chi connectivity index (χ4n) is 4.29. The Balaban J connectivity index is 1.56. The molecule has 5 rings (SSSR count). The number of aromatic nitrogens is 3. The molecule has 4 aromatic rings.